The normalized spacial score (nSPS) is 14.1. The number of benzene rings is 9. The molecule has 4 heteroatoms. The molecule has 6 aromatic heterocycles. The van der Waals surface area contributed by atoms with Gasteiger partial charge in [-0.3, -0.25) is 0 Å². The van der Waals surface area contributed by atoms with Crippen LogP contribution in [-0.4, -0.2) is 8.80 Å². The van der Waals surface area contributed by atoms with E-state index in [9.17, 15) is 2.74 Å². The summed E-state index contributed by atoms with van der Waals surface area (Å²) in [4.78, 5) is 0. The molecule has 0 N–H and O–H groups in total. The van der Waals surface area contributed by atoms with Crippen LogP contribution in [0.4, 0.5) is 0 Å². The molecule has 0 amide bonds. The second-order valence-corrected chi connectivity index (χ2v) is 27.8. The molecule has 6 heterocycles. The lowest BCUT2D eigenvalue weighted by Gasteiger charge is -2.26. The SMILES string of the molecule is [2H]c1c2c3cc4c5ccccc5sc4c4c5cc(-c6cc(C(C)(C)C)cc(C(C)(C)C)c6)ccc5n(c2c([2H])c2c5cc6c7ccccc7sc6c6c7cc(-c8cc(C(C)(C)C)cc(C(C)(C)C)c8)ccc7n(c12)c56)c34. The van der Waals surface area contributed by atoms with E-state index in [0.717, 1.165) is 54.6 Å². The summed E-state index contributed by atoms with van der Waals surface area (Å²) in [6.45, 7) is 27.7. The monoisotopic (exact) mass is 994 g/mol. The van der Waals surface area contributed by atoms with Crippen molar-refractivity contribution in [3.05, 3.63) is 168 Å². The number of aromatic nitrogens is 2. The van der Waals surface area contributed by atoms with Crippen LogP contribution in [0.2, 0.25) is 0 Å². The highest BCUT2D eigenvalue weighted by atomic mass is 32.1. The van der Waals surface area contributed by atoms with Gasteiger partial charge in [-0.2, -0.15) is 0 Å². The predicted molar refractivity (Wildman–Crippen MR) is 327 cm³/mol. The fourth-order valence-corrected chi connectivity index (χ4v) is 15.0. The Kier molecular flexibility index (Phi) is 8.27. The van der Waals surface area contributed by atoms with Gasteiger partial charge in [0.15, 0.2) is 0 Å². The Hall–Kier alpha value is -6.98. The molecule has 0 radical (unpaired) electrons. The molecule has 0 saturated carbocycles. The van der Waals surface area contributed by atoms with E-state index in [2.05, 4.69) is 225 Å². The summed E-state index contributed by atoms with van der Waals surface area (Å²) >= 11 is 3.73. The Bertz CT molecular complexity index is 4660. The molecule has 15 aromatic rings. The third kappa shape index (κ3) is 6.10. The minimum Gasteiger partial charge on any atom is -0.308 e. The first-order chi connectivity index (χ1) is 36.0. The number of hydrogen-bond acceptors (Lipinski definition) is 2. The summed E-state index contributed by atoms with van der Waals surface area (Å²) in [5.41, 5.74) is 16.1. The van der Waals surface area contributed by atoms with E-state index >= 15 is 0 Å². The molecule has 362 valence electrons. The van der Waals surface area contributed by atoms with Crippen LogP contribution in [0.5, 0.6) is 0 Å². The van der Waals surface area contributed by atoms with Crippen molar-refractivity contribution in [3.63, 3.8) is 0 Å². The highest BCUT2D eigenvalue weighted by Gasteiger charge is 2.29. The molecule has 0 aliphatic heterocycles. The van der Waals surface area contributed by atoms with Crippen LogP contribution in [0.25, 0.3) is 139 Å². The zero-order valence-corrected chi connectivity index (χ0v) is 46.0. The van der Waals surface area contributed by atoms with Gasteiger partial charge in [-0.05, 0) is 127 Å². The van der Waals surface area contributed by atoms with Crippen molar-refractivity contribution in [1.29, 1.82) is 0 Å². The minimum atomic E-state index is -0.0184. The van der Waals surface area contributed by atoms with E-state index in [-0.39, 0.29) is 21.7 Å². The number of rotatable bonds is 2. The third-order valence-electron chi connectivity index (χ3n) is 16.7. The molecular weight excluding hydrogens is 933 g/mol. The van der Waals surface area contributed by atoms with Gasteiger partial charge in [0.05, 0.1) is 35.8 Å². The molecule has 0 bridgehead atoms. The average Bonchev–Trinajstić information content (AvgIpc) is 4.23. The Morgan fingerprint density at radius 1 is 0.324 bits per heavy atom. The van der Waals surface area contributed by atoms with Gasteiger partial charge in [-0.1, -0.05) is 168 Å². The summed E-state index contributed by atoms with van der Waals surface area (Å²) in [6, 6.07) is 51.7. The largest absolute Gasteiger partial charge is 0.308 e. The molecule has 0 fully saturated rings. The Labute approximate surface area is 442 Å². The molecule has 0 unspecified atom stereocenters. The second-order valence-electron chi connectivity index (χ2n) is 25.7. The lowest BCUT2D eigenvalue weighted by Crippen LogP contribution is -2.16. The molecule has 0 saturated heterocycles. The lowest BCUT2D eigenvalue weighted by atomic mass is 9.79. The highest BCUT2D eigenvalue weighted by Crippen LogP contribution is 2.52. The van der Waals surface area contributed by atoms with E-state index < -0.39 is 0 Å². The molecular formula is C70H60N2S2. The average molecular weight is 995 g/mol. The van der Waals surface area contributed by atoms with Crippen LogP contribution in [0.3, 0.4) is 0 Å². The van der Waals surface area contributed by atoms with E-state index in [4.69, 9.17) is 0 Å². The quantitative estimate of drug-likeness (QED) is 0.163. The molecule has 2 nitrogen and oxygen atoms in total. The number of thiophene rings is 2. The first kappa shape index (κ1) is 42.4. The molecule has 0 spiro atoms. The van der Waals surface area contributed by atoms with Crippen molar-refractivity contribution in [3.8, 4) is 22.3 Å². The first-order valence-electron chi connectivity index (χ1n) is 27.4. The summed E-state index contributed by atoms with van der Waals surface area (Å²) in [5.74, 6) is 0. The molecule has 9 aromatic carbocycles. The van der Waals surface area contributed by atoms with Crippen LogP contribution >= 0.6 is 22.7 Å². The van der Waals surface area contributed by atoms with Crippen LogP contribution in [0, 0.1) is 0 Å². The molecule has 15 rings (SSSR count). The Morgan fingerprint density at radius 2 is 0.689 bits per heavy atom. The summed E-state index contributed by atoms with van der Waals surface area (Å²) in [6.07, 6.45) is 0. The topological polar surface area (TPSA) is 8.82 Å². The second kappa shape index (κ2) is 14.4. The van der Waals surface area contributed by atoms with Crippen molar-refractivity contribution in [2.45, 2.75) is 105 Å². The fourth-order valence-electron chi connectivity index (χ4n) is 12.5. The molecule has 0 aliphatic carbocycles. The van der Waals surface area contributed by atoms with Crippen molar-refractivity contribution in [2.75, 3.05) is 0 Å². The fraction of sp³-hybridized carbons (Fsp3) is 0.229. The van der Waals surface area contributed by atoms with Gasteiger partial charge in [-0.25, -0.2) is 0 Å². The van der Waals surface area contributed by atoms with Crippen molar-refractivity contribution < 1.29 is 2.74 Å². The minimum absolute atomic E-state index is 0.0184. The number of hydrogen-bond donors (Lipinski definition) is 0. The van der Waals surface area contributed by atoms with Gasteiger partial charge in [0.2, 0.25) is 0 Å². The van der Waals surface area contributed by atoms with E-state index in [1.807, 2.05) is 22.7 Å². The first-order valence-corrected chi connectivity index (χ1v) is 28.0. The maximum Gasteiger partial charge on any atom is 0.0653 e. The zero-order chi connectivity index (χ0) is 52.6. The van der Waals surface area contributed by atoms with Gasteiger partial charge in [0.25, 0.3) is 0 Å². The van der Waals surface area contributed by atoms with E-state index in [1.165, 1.54) is 106 Å². The molecule has 0 aliphatic rings. The summed E-state index contributed by atoms with van der Waals surface area (Å²) in [7, 11) is 0. The van der Waals surface area contributed by atoms with Crippen LogP contribution in [0.15, 0.2) is 146 Å². The maximum absolute atomic E-state index is 10.8. The summed E-state index contributed by atoms with van der Waals surface area (Å²) < 4.78 is 31.3. The standard InChI is InChI=1S/C70H60N2S2/c1-67(2,3)41-25-39(26-42(31-41)68(4,5)6)37-21-23-55-53(29-37)61-63-49(33-51-45-17-13-15-19-59(45)73-65(51)61)47-36-58-48(35-57(47)71(55)63)50-34-52-46-18-14-16-20-60(46)74-66(52)62-54-30-38(22-24-56(54)72(58)64(50)62)40-27-43(69(7,8)9)32-44(28-40)70(10,11)12/h13-36H,1-12H3/i35D,36D. The predicted octanol–water partition coefficient (Wildman–Crippen LogP) is 21.2. The molecule has 0 atom stereocenters. The van der Waals surface area contributed by atoms with E-state index in [1.54, 1.807) is 0 Å². The Balaban J connectivity index is 1.09. The van der Waals surface area contributed by atoms with Gasteiger partial charge < -0.3 is 8.80 Å². The van der Waals surface area contributed by atoms with Crippen molar-refractivity contribution in [1.82, 2.24) is 8.80 Å². The van der Waals surface area contributed by atoms with Crippen molar-refractivity contribution in [2.24, 2.45) is 0 Å². The van der Waals surface area contributed by atoms with Gasteiger partial charge >= 0.3 is 0 Å². The number of fused-ring (bicyclic) bond motifs is 20. The van der Waals surface area contributed by atoms with Crippen LogP contribution < -0.4 is 0 Å². The lowest BCUT2D eigenvalue weighted by molar-refractivity contribution is 0.568. The van der Waals surface area contributed by atoms with Crippen LogP contribution in [0.1, 0.15) is 108 Å². The van der Waals surface area contributed by atoms with Crippen molar-refractivity contribution >= 4 is 139 Å². The zero-order valence-electron chi connectivity index (χ0n) is 46.4. The molecule has 74 heavy (non-hydrogen) atoms. The smallest absolute Gasteiger partial charge is 0.0653 e. The van der Waals surface area contributed by atoms with Gasteiger partial charge in [0, 0.05) is 83.4 Å². The van der Waals surface area contributed by atoms with Crippen LogP contribution in [-0.2, 0) is 21.7 Å². The summed E-state index contributed by atoms with van der Waals surface area (Å²) in [5, 5.41) is 13.4. The van der Waals surface area contributed by atoms with E-state index in [0.29, 0.717) is 12.1 Å². The highest BCUT2D eigenvalue weighted by molar-refractivity contribution is 7.27. The Morgan fingerprint density at radius 3 is 1.05 bits per heavy atom. The number of nitrogens with zero attached hydrogens (tertiary/aromatic N) is 2. The van der Waals surface area contributed by atoms with Gasteiger partial charge in [-0.15, -0.1) is 22.7 Å². The third-order valence-corrected chi connectivity index (χ3v) is 19.1. The maximum atomic E-state index is 10.8. The van der Waals surface area contributed by atoms with Gasteiger partial charge in [0.1, 0.15) is 0 Å².